The molecule has 7 nitrogen and oxygen atoms in total. The number of rotatable bonds is 6. The average molecular weight is 266 g/mol. The Morgan fingerprint density at radius 3 is 2.26 bits per heavy atom. The van der Waals surface area contributed by atoms with E-state index in [9.17, 15) is 14.4 Å². The standard InChI is InChI=1S/C12H14N2O5/c15-10(16)6-9(11(17)18)14-12(19)13-7-8-4-2-1-3-5-8/h1-5,9H,6-7H2,(H,15,16)(H,17,18)(H2,13,14,19). The highest BCUT2D eigenvalue weighted by Crippen LogP contribution is 1.97. The highest BCUT2D eigenvalue weighted by Gasteiger charge is 2.22. The molecule has 1 aromatic rings. The summed E-state index contributed by atoms with van der Waals surface area (Å²) in [5.74, 6) is -2.69. The van der Waals surface area contributed by atoms with Crippen molar-refractivity contribution in [3.8, 4) is 0 Å². The third-order valence-corrected chi connectivity index (χ3v) is 2.28. The number of carboxylic acids is 2. The summed E-state index contributed by atoms with van der Waals surface area (Å²) in [6.07, 6.45) is -0.673. The van der Waals surface area contributed by atoms with Crippen LogP contribution in [0.25, 0.3) is 0 Å². The minimum absolute atomic E-state index is 0.228. The van der Waals surface area contributed by atoms with E-state index in [0.29, 0.717) is 0 Å². The first-order valence-corrected chi connectivity index (χ1v) is 5.52. The fourth-order valence-electron chi connectivity index (χ4n) is 1.36. The Bertz CT molecular complexity index is 460. The monoisotopic (exact) mass is 266 g/mol. The zero-order valence-electron chi connectivity index (χ0n) is 10.00. The quantitative estimate of drug-likeness (QED) is 0.595. The van der Waals surface area contributed by atoms with Crippen LogP contribution < -0.4 is 10.6 Å². The SMILES string of the molecule is O=C(O)CC(NC(=O)NCc1ccccc1)C(=O)O. The Labute approximate surface area is 109 Å². The van der Waals surface area contributed by atoms with E-state index in [1.54, 1.807) is 24.3 Å². The zero-order chi connectivity index (χ0) is 14.3. The van der Waals surface area contributed by atoms with Gasteiger partial charge in [-0.1, -0.05) is 30.3 Å². The van der Waals surface area contributed by atoms with Crippen molar-refractivity contribution in [2.45, 2.75) is 19.0 Å². The van der Waals surface area contributed by atoms with E-state index in [-0.39, 0.29) is 6.54 Å². The lowest BCUT2D eigenvalue weighted by Crippen LogP contribution is -2.46. The highest BCUT2D eigenvalue weighted by atomic mass is 16.4. The Balaban J connectivity index is 2.45. The molecular formula is C12H14N2O5. The Morgan fingerprint density at radius 2 is 1.74 bits per heavy atom. The van der Waals surface area contributed by atoms with Gasteiger partial charge in [0.2, 0.25) is 0 Å². The molecule has 1 atom stereocenters. The van der Waals surface area contributed by atoms with Crippen LogP contribution in [0.4, 0.5) is 4.79 Å². The minimum atomic E-state index is -1.45. The number of carbonyl (C=O) groups is 3. The molecule has 0 aliphatic carbocycles. The molecule has 0 saturated heterocycles. The van der Waals surface area contributed by atoms with Gasteiger partial charge in [-0.3, -0.25) is 4.79 Å². The van der Waals surface area contributed by atoms with E-state index in [4.69, 9.17) is 10.2 Å². The largest absolute Gasteiger partial charge is 0.481 e. The zero-order valence-corrected chi connectivity index (χ0v) is 10.00. The molecule has 1 unspecified atom stereocenters. The Kier molecular flexibility index (Phi) is 5.34. The van der Waals surface area contributed by atoms with Crippen molar-refractivity contribution >= 4 is 18.0 Å². The lowest BCUT2D eigenvalue weighted by Gasteiger charge is -2.13. The number of benzene rings is 1. The summed E-state index contributed by atoms with van der Waals surface area (Å²) in [7, 11) is 0. The fraction of sp³-hybridized carbons (Fsp3) is 0.250. The summed E-state index contributed by atoms with van der Waals surface area (Å²) in [6.45, 7) is 0.228. The number of amides is 2. The van der Waals surface area contributed by atoms with Gasteiger partial charge >= 0.3 is 18.0 Å². The molecule has 0 bridgehead atoms. The molecule has 0 aliphatic heterocycles. The number of hydrogen-bond acceptors (Lipinski definition) is 3. The van der Waals surface area contributed by atoms with E-state index in [1.807, 2.05) is 6.07 Å². The number of carbonyl (C=O) groups excluding carboxylic acids is 1. The first kappa shape index (κ1) is 14.5. The van der Waals surface area contributed by atoms with Gasteiger partial charge in [0.25, 0.3) is 0 Å². The van der Waals surface area contributed by atoms with Crippen LogP contribution in [0.1, 0.15) is 12.0 Å². The topological polar surface area (TPSA) is 116 Å². The molecule has 2 amide bonds. The summed E-state index contributed by atoms with van der Waals surface area (Å²) in [5, 5.41) is 21.8. The average Bonchev–Trinajstić information content (AvgIpc) is 2.36. The molecule has 0 fully saturated rings. The van der Waals surface area contributed by atoms with Crippen molar-refractivity contribution < 1.29 is 24.6 Å². The maximum Gasteiger partial charge on any atom is 0.326 e. The molecule has 0 spiro atoms. The van der Waals surface area contributed by atoms with Crippen LogP contribution in [-0.4, -0.2) is 34.2 Å². The van der Waals surface area contributed by atoms with Gasteiger partial charge in [0.05, 0.1) is 6.42 Å². The van der Waals surface area contributed by atoms with Crippen molar-refractivity contribution in [1.29, 1.82) is 0 Å². The number of hydrogen-bond donors (Lipinski definition) is 4. The van der Waals surface area contributed by atoms with Gasteiger partial charge in [0, 0.05) is 6.54 Å². The first-order chi connectivity index (χ1) is 8.99. The van der Waals surface area contributed by atoms with Crippen molar-refractivity contribution in [2.24, 2.45) is 0 Å². The molecule has 0 saturated carbocycles. The second kappa shape index (κ2) is 7.00. The molecule has 0 radical (unpaired) electrons. The van der Waals surface area contributed by atoms with Crippen LogP contribution in [0, 0.1) is 0 Å². The van der Waals surface area contributed by atoms with Gasteiger partial charge in [-0.25, -0.2) is 9.59 Å². The number of nitrogens with one attached hydrogen (secondary N) is 2. The van der Waals surface area contributed by atoms with E-state index in [1.165, 1.54) is 0 Å². The molecule has 102 valence electrons. The third kappa shape index (κ3) is 5.53. The number of carboxylic acid groups (broad SMARTS) is 2. The van der Waals surface area contributed by atoms with Crippen molar-refractivity contribution in [2.75, 3.05) is 0 Å². The van der Waals surface area contributed by atoms with Crippen LogP contribution in [0.2, 0.25) is 0 Å². The Hall–Kier alpha value is -2.57. The van der Waals surface area contributed by atoms with Crippen LogP contribution in [0.3, 0.4) is 0 Å². The molecular weight excluding hydrogens is 252 g/mol. The first-order valence-electron chi connectivity index (χ1n) is 5.52. The van der Waals surface area contributed by atoms with Crippen LogP contribution in [-0.2, 0) is 16.1 Å². The smallest absolute Gasteiger partial charge is 0.326 e. The van der Waals surface area contributed by atoms with Gasteiger partial charge in [0.1, 0.15) is 6.04 Å². The molecule has 19 heavy (non-hydrogen) atoms. The number of aliphatic carboxylic acids is 2. The van der Waals surface area contributed by atoms with Gasteiger partial charge in [0.15, 0.2) is 0 Å². The maximum atomic E-state index is 11.4. The van der Waals surface area contributed by atoms with Crippen molar-refractivity contribution in [3.63, 3.8) is 0 Å². The number of urea groups is 1. The maximum absolute atomic E-state index is 11.4. The fourth-order valence-corrected chi connectivity index (χ4v) is 1.36. The summed E-state index contributed by atoms with van der Waals surface area (Å²) >= 11 is 0. The van der Waals surface area contributed by atoms with Crippen molar-refractivity contribution in [3.05, 3.63) is 35.9 Å². The molecule has 0 aliphatic rings. The molecule has 7 heteroatoms. The summed E-state index contributed by atoms with van der Waals surface area (Å²) in [4.78, 5) is 32.6. The van der Waals surface area contributed by atoms with E-state index in [2.05, 4.69) is 10.6 Å². The molecule has 4 N–H and O–H groups in total. The molecule has 0 aromatic heterocycles. The molecule has 1 rings (SSSR count). The van der Waals surface area contributed by atoms with Crippen LogP contribution in [0.5, 0.6) is 0 Å². The normalized spacial score (nSPS) is 11.4. The molecule has 1 aromatic carbocycles. The lowest BCUT2D eigenvalue weighted by molar-refractivity contribution is -0.145. The lowest BCUT2D eigenvalue weighted by atomic mass is 10.2. The predicted molar refractivity (Wildman–Crippen MR) is 65.5 cm³/mol. The Morgan fingerprint density at radius 1 is 1.11 bits per heavy atom. The molecule has 0 heterocycles. The van der Waals surface area contributed by atoms with Gasteiger partial charge in [-0.2, -0.15) is 0 Å². The van der Waals surface area contributed by atoms with Gasteiger partial charge in [-0.15, -0.1) is 0 Å². The second-order valence-electron chi connectivity index (χ2n) is 3.80. The van der Waals surface area contributed by atoms with E-state index < -0.39 is 30.4 Å². The van der Waals surface area contributed by atoms with Gasteiger partial charge in [-0.05, 0) is 5.56 Å². The predicted octanol–water partition coefficient (Wildman–Crippen LogP) is 0.414. The summed E-state index contributed by atoms with van der Waals surface area (Å²) in [6, 6.07) is 6.86. The van der Waals surface area contributed by atoms with Crippen LogP contribution >= 0.6 is 0 Å². The van der Waals surface area contributed by atoms with E-state index >= 15 is 0 Å². The summed E-state index contributed by atoms with van der Waals surface area (Å²) in [5.41, 5.74) is 0.850. The third-order valence-electron chi connectivity index (χ3n) is 2.28. The van der Waals surface area contributed by atoms with Crippen molar-refractivity contribution in [1.82, 2.24) is 10.6 Å². The van der Waals surface area contributed by atoms with Crippen LogP contribution in [0.15, 0.2) is 30.3 Å². The summed E-state index contributed by atoms with van der Waals surface area (Å²) < 4.78 is 0. The highest BCUT2D eigenvalue weighted by molar-refractivity contribution is 5.86. The van der Waals surface area contributed by atoms with Gasteiger partial charge < -0.3 is 20.8 Å². The second-order valence-corrected chi connectivity index (χ2v) is 3.80. The van der Waals surface area contributed by atoms with E-state index in [0.717, 1.165) is 5.56 Å². The minimum Gasteiger partial charge on any atom is -0.481 e.